The smallest absolute Gasteiger partial charge is 0.331 e. The van der Waals surface area contributed by atoms with Gasteiger partial charge in [0.05, 0.1) is 13.2 Å². The van der Waals surface area contributed by atoms with Crippen molar-refractivity contribution < 1.29 is 14.6 Å². The van der Waals surface area contributed by atoms with E-state index in [9.17, 15) is 4.79 Å². The third kappa shape index (κ3) is 2.54. The lowest BCUT2D eigenvalue weighted by Crippen LogP contribution is -2.30. The number of carboxylic acids is 1. The fraction of sp³-hybridized carbons (Fsp3) is 0.357. The summed E-state index contributed by atoms with van der Waals surface area (Å²) in [7, 11) is 3.63. The van der Waals surface area contributed by atoms with E-state index in [4.69, 9.17) is 9.84 Å². The van der Waals surface area contributed by atoms with Crippen LogP contribution in [0.1, 0.15) is 18.0 Å². The Balaban J connectivity index is 2.34. The van der Waals surface area contributed by atoms with E-state index in [-0.39, 0.29) is 6.04 Å². The summed E-state index contributed by atoms with van der Waals surface area (Å²) >= 11 is 0. The standard InChI is InChI=1S/C14H17NO3/c1-15-7-6-11(14(16)17)9-13(15)10-4-3-5-12(8-10)18-2/h3-5,8-9,13H,6-7H2,1-2H3,(H,16,17). The predicted molar refractivity (Wildman–Crippen MR) is 68.7 cm³/mol. The lowest BCUT2D eigenvalue weighted by Gasteiger charge is -2.30. The van der Waals surface area contributed by atoms with E-state index in [1.165, 1.54) is 0 Å². The molecule has 1 N–H and O–H groups in total. The molecule has 4 heteroatoms. The van der Waals surface area contributed by atoms with Gasteiger partial charge in [-0.25, -0.2) is 4.79 Å². The van der Waals surface area contributed by atoms with E-state index in [0.29, 0.717) is 12.0 Å². The number of carbonyl (C=O) groups is 1. The molecule has 0 saturated carbocycles. The van der Waals surface area contributed by atoms with Crippen molar-refractivity contribution in [1.29, 1.82) is 0 Å². The lowest BCUT2D eigenvalue weighted by molar-refractivity contribution is -0.133. The van der Waals surface area contributed by atoms with Gasteiger partial charge in [0.15, 0.2) is 0 Å². The van der Waals surface area contributed by atoms with Gasteiger partial charge >= 0.3 is 5.97 Å². The summed E-state index contributed by atoms with van der Waals surface area (Å²) in [4.78, 5) is 13.2. The molecule has 2 rings (SSSR count). The van der Waals surface area contributed by atoms with Crippen LogP contribution in [0.3, 0.4) is 0 Å². The van der Waals surface area contributed by atoms with E-state index in [0.717, 1.165) is 17.9 Å². The highest BCUT2D eigenvalue weighted by Crippen LogP contribution is 2.29. The number of aliphatic carboxylic acids is 1. The maximum atomic E-state index is 11.0. The quantitative estimate of drug-likeness (QED) is 0.888. The van der Waals surface area contributed by atoms with Crippen LogP contribution in [0.2, 0.25) is 0 Å². The molecule has 1 aromatic rings. The summed E-state index contributed by atoms with van der Waals surface area (Å²) in [6.07, 6.45) is 2.41. The lowest BCUT2D eigenvalue weighted by atomic mass is 9.97. The van der Waals surface area contributed by atoms with Crippen LogP contribution < -0.4 is 4.74 Å². The Morgan fingerprint density at radius 2 is 2.28 bits per heavy atom. The third-order valence-corrected chi connectivity index (χ3v) is 3.28. The summed E-state index contributed by atoms with van der Waals surface area (Å²) in [6, 6.07) is 7.74. The molecule has 0 aromatic heterocycles. The molecule has 1 aromatic carbocycles. The van der Waals surface area contributed by atoms with E-state index in [1.54, 1.807) is 7.11 Å². The fourth-order valence-corrected chi connectivity index (χ4v) is 2.19. The second kappa shape index (κ2) is 5.23. The van der Waals surface area contributed by atoms with Crippen molar-refractivity contribution in [3.8, 4) is 5.75 Å². The zero-order valence-corrected chi connectivity index (χ0v) is 10.6. The normalized spacial score (nSPS) is 20.3. The van der Waals surface area contributed by atoms with Crippen molar-refractivity contribution in [1.82, 2.24) is 4.90 Å². The summed E-state index contributed by atoms with van der Waals surface area (Å²) in [6.45, 7) is 0.750. The Labute approximate surface area is 106 Å². The van der Waals surface area contributed by atoms with Crippen LogP contribution in [-0.2, 0) is 4.79 Å². The summed E-state index contributed by atoms with van der Waals surface area (Å²) in [5.74, 6) is -0.0345. The fourth-order valence-electron chi connectivity index (χ4n) is 2.19. The number of hydrogen-bond acceptors (Lipinski definition) is 3. The van der Waals surface area contributed by atoms with Crippen LogP contribution in [0.25, 0.3) is 0 Å². The molecule has 1 atom stereocenters. The molecule has 0 bridgehead atoms. The van der Waals surface area contributed by atoms with E-state index < -0.39 is 5.97 Å². The zero-order valence-electron chi connectivity index (χ0n) is 10.6. The molecule has 1 aliphatic rings. The van der Waals surface area contributed by atoms with Crippen LogP contribution >= 0.6 is 0 Å². The zero-order chi connectivity index (χ0) is 13.1. The number of rotatable bonds is 3. The minimum Gasteiger partial charge on any atom is -0.497 e. The first-order valence-electron chi connectivity index (χ1n) is 5.90. The first kappa shape index (κ1) is 12.6. The number of likely N-dealkylation sites (N-methyl/N-ethyl adjacent to an activating group) is 1. The van der Waals surface area contributed by atoms with Gasteiger partial charge in [-0.2, -0.15) is 0 Å². The molecule has 0 radical (unpaired) electrons. The van der Waals surface area contributed by atoms with E-state index >= 15 is 0 Å². The molecule has 96 valence electrons. The SMILES string of the molecule is COc1cccc(C2C=C(C(=O)O)CCN2C)c1. The third-order valence-electron chi connectivity index (χ3n) is 3.28. The highest BCUT2D eigenvalue weighted by atomic mass is 16.5. The Morgan fingerprint density at radius 1 is 1.50 bits per heavy atom. The molecule has 0 fully saturated rings. The van der Waals surface area contributed by atoms with Crippen LogP contribution in [0, 0.1) is 0 Å². The Kier molecular flexibility index (Phi) is 3.67. The molecule has 1 aliphatic heterocycles. The van der Waals surface area contributed by atoms with Crippen molar-refractivity contribution in [2.75, 3.05) is 20.7 Å². The maximum Gasteiger partial charge on any atom is 0.331 e. The van der Waals surface area contributed by atoms with Gasteiger partial charge in [-0.1, -0.05) is 18.2 Å². The molecule has 18 heavy (non-hydrogen) atoms. The maximum absolute atomic E-state index is 11.0. The van der Waals surface area contributed by atoms with E-state index in [1.807, 2.05) is 37.4 Å². The van der Waals surface area contributed by atoms with Crippen LogP contribution in [0.5, 0.6) is 5.75 Å². The van der Waals surface area contributed by atoms with Gasteiger partial charge in [-0.3, -0.25) is 4.90 Å². The van der Waals surface area contributed by atoms with Crippen molar-refractivity contribution in [3.05, 3.63) is 41.5 Å². The van der Waals surface area contributed by atoms with Gasteiger partial charge < -0.3 is 9.84 Å². The first-order valence-corrected chi connectivity index (χ1v) is 5.90. The van der Waals surface area contributed by atoms with Crippen LogP contribution in [-0.4, -0.2) is 36.7 Å². The number of hydrogen-bond donors (Lipinski definition) is 1. The van der Waals surface area contributed by atoms with Gasteiger partial charge in [0.2, 0.25) is 0 Å². The second-order valence-corrected chi connectivity index (χ2v) is 4.45. The molecule has 1 heterocycles. The molecule has 4 nitrogen and oxygen atoms in total. The molecule has 0 amide bonds. The van der Waals surface area contributed by atoms with Crippen LogP contribution in [0.4, 0.5) is 0 Å². The van der Waals surface area contributed by atoms with Gasteiger partial charge in [0.25, 0.3) is 0 Å². The van der Waals surface area contributed by atoms with Crippen molar-refractivity contribution in [3.63, 3.8) is 0 Å². The predicted octanol–water partition coefficient (Wildman–Crippen LogP) is 2.08. The summed E-state index contributed by atoms with van der Waals surface area (Å²) in [5.41, 5.74) is 1.54. The minimum absolute atomic E-state index is 0.0000463. The molecule has 0 saturated heterocycles. The monoisotopic (exact) mass is 247 g/mol. The van der Waals surface area contributed by atoms with Gasteiger partial charge in [0.1, 0.15) is 5.75 Å². The van der Waals surface area contributed by atoms with Gasteiger partial charge in [0, 0.05) is 12.1 Å². The topological polar surface area (TPSA) is 49.8 Å². The first-order chi connectivity index (χ1) is 8.61. The highest BCUT2D eigenvalue weighted by molar-refractivity contribution is 5.86. The van der Waals surface area contributed by atoms with Crippen molar-refractivity contribution in [2.45, 2.75) is 12.5 Å². The number of carboxylic acid groups (broad SMARTS) is 1. The molecule has 0 spiro atoms. The molecule has 1 unspecified atom stereocenters. The number of ether oxygens (including phenoxy) is 1. The average molecular weight is 247 g/mol. The van der Waals surface area contributed by atoms with Gasteiger partial charge in [-0.05, 0) is 31.2 Å². The van der Waals surface area contributed by atoms with Crippen molar-refractivity contribution in [2.24, 2.45) is 0 Å². The Hall–Kier alpha value is -1.81. The Bertz CT molecular complexity index is 482. The number of nitrogens with zero attached hydrogens (tertiary/aromatic N) is 1. The number of methoxy groups -OCH3 is 1. The summed E-state index contributed by atoms with van der Waals surface area (Å²) in [5, 5.41) is 9.08. The molecular formula is C14H17NO3. The van der Waals surface area contributed by atoms with E-state index in [2.05, 4.69) is 4.90 Å². The molecule has 0 aliphatic carbocycles. The largest absolute Gasteiger partial charge is 0.497 e. The van der Waals surface area contributed by atoms with Crippen molar-refractivity contribution >= 4 is 5.97 Å². The second-order valence-electron chi connectivity index (χ2n) is 4.45. The van der Waals surface area contributed by atoms with Gasteiger partial charge in [-0.15, -0.1) is 0 Å². The average Bonchev–Trinajstić information content (AvgIpc) is 2.39. The minimum atomic E-state index is -0.823. The molecular weight excluding hydrogens is 230 g/mol. The number of benzene rings is 1. The highest BCUT2D eigenvalue weighted by Gasteiger charge is 2.23. The Morgan fingerprint density at radius 3 is 2.94 bits per heavy atom. The summed E-state index contributed by atoms with van der Waals surface area (Å²) < 4.78 is 5.20. The van der Waals surface area contributed by atoms with Crippen LogP contribution in [0.15, 0.2) is 35.9 Å².